The molecule has 4 aromatic rings. The van der Waals surface area contributed by atoms with Crippen LogP contribution in [0.3, 0.4) is 0 Å². The third-order valence-corrected chi connectivity index (χ3v) is 8.68. The lowest BCUT2D eigenvalue weighted by atomic mass is 9.48. The number of imidazole rings is 1. The molecule has 4 fully saturated rings. The predicted molar refractivity (Wildman–Crippen MR) is 126 cm³/mol. The summed E-state index contributed by atoms with van der Waals surface area (Å²) in [5.41, 5.74) is 3.04. The Bertz CT molecular complexity index is 1570. The first-order valence-corrected chi connectivity index (χ1v) is 12.1. The number of nitrogens with one attached hydrogen (secondary N) is 1. The molecule has 35 heavy (non-hydrogen) atoms. The summed E-state index contributed by atoms with van der Waals surface area (Å²) in [6.45, 7) is 1.97. The Hall–Kier alpha value is -3.76. The summed E-state index contributed by atoms with van der Waals surface area (Å²) < 4.78 is 5.11. The molecule has 4 aliphatic carbocycles. The molecule has 0 amide bonds. The Kier molecular flexibility index (Phi) is 4.06. The average Bonchev–Trinajstić information content (AvgIpc) is 3.36. The van der Waals surface area contributed by atoms with Gasteiger partial charge in [-0.15, -0.1) is 0 Å². The molecule has 0 spiro atoms. The van der Waals surface area contributed by atoms with E-state index in [1.807, 2.05) is 23.8 Å². The summed E-state index contributed by atoms with van der Waals surface area (Å²) in [5, 5.41) is 17.5. The molecule has 4 aromatic heterocycles. The van der Waals surface area contributed by atoms with Gasteiger partial charge < -0.3 is 10.4 Å². The van der Waals surface area contributed by atoms with Gasteiger partial charge in [0.1, 0.15) is 11.8 Å². The van der Waals surface area contributed by atoms with Crippen LogP contribution in [0.4, 0.5) is 11.6 Å². The Morgan fingerprint density at radius 1 is 1.20 bits per heavy atom. The summed E-state index contributed by atoms with van der Waals surface area (Å²) >= 11 is 0. The maximum atomic E-state index is 13.5. The molecule has 2 N–H and O–H groups in total. The maximum Gasteiger partial charge on any atom is 0.330 e. The van der Waals surface area contributed by atoms with Crippen LogP contribution in [-0.4, -0.2) is 44.8 Å². The van der Waals surface area contributed by atoms with E-state index in [9.17, 15) is 14.7 Å². The molecule has 0 aromatic carbocycles. The third kappa shape index (κ3) is 2.83. The van der Waals surface area contributed by atoms with E-state index in [0.29, 0.717) is 35.9 Å². The van der Waals surface area contributed by atoms with Gasteiger partial charge in [-0.1, -0.05) is 0 Å². The highest BCUT2D eigenvalue weighted by atomic mass is 16.4. The first kappa shape index (κ1) is 20.6. The van der Waals surface area contributed by atoms with Gasteiger partial charge in [-0.3, -0.25) is 13.9 Å². The van der Waals surface area contributed by atoms with E-state index < -0.39 is 11.4 Å². The lowest BCUT2D eigenvalue weighted by Crippen LogP contribution is -2.55. The molecular formula is C24H26N8O3. The van der Waals surface area contributed by atoms with Crippen LogP contribution in [0.15, 0.2) is 29.6 Å². The van der Waals surface area contributed by atoms with Crippen LogP contribution >= 0.6 is 0 Å². The number of aryl methyl sites for hydroxylation is 2. The zero-order valence-electron chi connectivity index (χ0n) is 19.5. The largest absolute Gasteiger partial charge is 0.481 e. The van der Waals surface area contributed by atoms with Crippen LogP contribution in [0.1, 0.15) is 43.7 Å². The summed E-state index contributed by atoms with van der Waals surface area (Å²) in [6, 6.07) is 1.89. The minimum absolute atomic E-state index is 0.0359. The number of rotatable bonds is 4. The molecular weight excluding hydrogens is 448 g/mol. The highest BCUT2D eigenvalue weighted by Gasteiger charge is 2.59. The molecule has 4 saturated carbocycles. The van der Waals surface area contributed by atoms with Gasteiger partial charge in [0.05, 0.1) is 23.5 Å². The summed E-state index contributed by atoms with van der Waals surface area (Å²) in [7, 11) is 1.75. The summed E-state index contributed by atoms with van der Waals surface area (Å²) in [6.07, 6.45) is 9.03. The lowest BCUT2D eigenvalue weighted by molar-refractivity contribution is -0.169. The van der Waals surface area contributed by atoms with Crippen LogP contribution < -0.4 is 11.0 Å². The van der Waals surface area contributed by atoms with Gasteiger partial charge in [-0.2, -0.15) is 10.1 Å². The molecule has 4 bridgehead atoms. The molecule has 2 unspecified atom stereocenters. The van der Waals surface area contributed by atoms with E-state index in [2.05, 4.69) is 20.4 Å². The van der Waals surface area contributed by atoms with E-state index in [0.717, 1.165) is 36.2 Å². The highest BCUT2D eigenvalue weighted by Crippen LogP contribution is 2.63. The SMILES string of the molecule is Cc1cc2ncnn2cc1Nc1ncc2c(n1)n(C1C3CC4CC1CC(C(=O)O)(C4)C3)c(=O)n2C. The van der Waals surface area contributed by atoms with Gasteiger partial charge in [-0.05, 0) is 68.4 Å². The quantitative estimate of drug-likeness (QED) is 0.461. The number of carboxylic acid groups (broad SMARTS) is 1. The molecule has 0 saturated heterocycles. The fourth-order valence-corrected chi connectivity index (χ4v) is 7.35. The zero-order chi connectivity index (χ0) is 24.1. The fourth-order valence-electron chi connectivity index (χ4n) is 7.35. The number of nitrogens with zero attached hydrogens (tertiary/aromatic N) is 7. The van der Waals surface area contributed by atoms with Gasteiger partial charge in [0, 0.05) is 13.1 Å². The second-order valence-corrected chi connectivity index (χ2v) is 10.7. The van der Waals surface area contributed by atoms with Gasteiger partial charge in [0.2, 0.25) is 5.95 Å². The van der Waals surface area contributed by atoms with Crippen molar-refractivity contribution in [1.82, 2.24) is 33.7 Å². The van der Waals surface area contributed by atoms with Gasteiger partial charge >= 0.3 is 11.7 Å². The molecule has 11 heteroatoms. The molecule has 180 valence electrons. The Balaban J connectivity index is 1.31. The van der Waals surface area contributed by atoms with Gasteiger partial charge in [0.25, 0.3) is 0 Å². The number of hydrogen-bond donors (Lipinski definition) is 2. The number of anilines is 2. The third-order valence-electron chi connectivity index (χ3n) is 8.68. The van der Waals surface area contributed by atoms with Gasteiger partial charge in [0.15, 0.2) is 11.3 Å². The Labute approximate surface area is 199 Å². The monoisotopic (exact) mass is 474 g/mol. The second kappa shape index (κ2) is 6.89. The smallest absolute Gasteiger partial charge is 0.330 e. The number of hydrogen-bond acceptors (Lipinski definition) is 7. The van der Waals surface area contributed by atoms with Crippen LogP contribution in [0.25, 0.3) is 16.8 Å². The summed E-state index contributed by atoms with van der Waals surface area (Å²) in [5.74, 6) is 0.499. The molecule has 2 atom stereocenters. The maximum absolute atomic E-state index is 13.5. The molecule has 8 rings (SSSR count). The molecule has 11 nitrogen and oxygen atoms in total. The first-order chi connectivity index (χ1) is 16.8. The van der Waals surface area contributed by atoms with Crippen molar-refractivity contribution in [2.75, 3.05) is 5.32 Å². The number of pyridine rings is 1. The highest BCUT2D eigenvalue weighted by molar-refractivity contribution is 5.76. The van der Waals surface area contributed by atoms with Gasteiger partial charge in [-0.25, -0.2) is 19.3 Å². The fraction of sp³-hybridized carbons (Fsp3) is 0.500. The van der Waals surface area contributed by atoms with Crippen molar-refractivity contribution in [3.8, 4) is 0 Å². The number of carboxylic acids is 1. The number of carbonyl (C=O) groups is 1. The van der Waals surface area contributed by atoms with E-state index >= 15 is 0 Å². The number of aromatic nitrogens is 7. The zero-order valence-corrected chi connectivity index (χ0v) is 19.5. The number of fused-ring (bicyclic) bond motifs is 2. The van der Waals surface area contributed by atoms with Crippen LogP contribution in [-0.2, 0) is 11.8 Å². The van der Waals surface area contributed by atoms with Crippen LogP contribution in [0.2, 0.25) is 0 Å². The van der Waals surface area contributed by atoms with Crippen molar-refractivity contribution in [2.45, 2.75) is 45.1 Å². The topological polar surface area (TPSA) is 132 Å². The molecule has 4 heterocycles. The normalized spacial score (nSPS) is 29.3. The Morgan fingerprint density at radius 2 is 1.97 bits per heavy atom. The molecule has 0 aliphatic heterocycles. The van der Waals surface area contributed by atoms with Crippen LogP contribution in [0.5, 0.6) is 0 Å². The van der Waals surface area contributed by atoms with E-state index in [1.165, 1.54) is 6.33 Å². The van der Waals surface area contributed by atoms with Crippen molar-refractivity contribution in [2.24, 2.45) is 30.2 Å². The minimum Gasteiger partial charge on any atom is -0.481 e. The molecule has 0 radical (unpaired) electrons. The van der Waals surface area contributed by atoms with Crippen molar-refractivity contribution in [1.29, 1.82) is 0 Å². The van der Waals surface area contributed by atoms with E-state index in [1.54, 1.807) is 22.3 Å². The van der Waals surface area contributed by atoms with Crippen molar-refractivity contribution in [3.05, 3.63) is 40.8 Å². The van der Waals surface area contributed by atoms with E-state index in [4.69, 9.17) is 4.98 Å². The van der Waals surface area contributed by atoms with Crippen molar-refractivity contribution < 1.29 is 9.90 Å². The Morgan fingerprint density at radius 3 is 2.71 bits per heavy atom. The standard InChI is InChI=1S/C24H26N8O3/c1-12-3-18-26-11-27-31(18)10-16(12)28-22-25-9-17-20(29-22)32(23(35)30(17)2)19-14-4-13-5-15(19)8-24(6-13,7-14)21(33)34/h3,9-11,13-15,19H,4-8H2,1-2H3,(H,33,34)(H,25,28,29). The van der Waals surface area contributed by atoms with Crippen LogP contribution in [0, 0.1) is 30.1 Å². The molecule has 4 aliphatic rings. The van der Waals surface area contributed by atoms with E-state index in [-0.39, 0.29) is 23.6 Å². The number of aliphatic carboxylic acids is 1. The first-order valence-electron chi connectivity index (χ1n) is 12.1. The minimum atomic E-state index is -0.672. The second-order valence-electron chi connectivity index (χ2n) is 10.7. The van der Waals surface area contributed by atoms with Crippen molar-refractivity contribution >= 4 is 34.4 Å². The summed E-state index contributed by atoms with van der Waals surface area (Å²) in [4.78, 5) is 39.1. The van der Waals surface area contributed by atoms with Crippen molar-refractivity contribution in [3.63, 3.8) is 0 Å². The average molecular weight is 475 g/mol. The lowest BCUT2D eigenvalue weighted by Gasteiger charge is -2.58. The predicted octanol–water partition coefficient (Wildman–Crippen LogP) is 2.68.